The van der Waals surface area contributed by atoms with Crippen molar-refractivity contribution in [3.8, 4) is 0 Å². The number of ether oxygens (including phenoxy) is 1. The Morgan fingerprint density at radius 1 is 1.82 bits per heavy atom. The molecule has 1 aliphatic rings. The van der Waals surface area contributed by atoms with Gasteiger partial charge in [0.05, 0.1) is 6.42 Å². The van der Waals surface area contributed by atoms with E-state index in [1.807, 2.05) is 0 Å². The average molecular weight is 156 g/mol. The highest BCUT2D eigenvalue weighted by Gasteiger charge is 2.32. The first-order valence-electron chi connectivity index (χ1n) is 3.16. The molecule has 0 radical (unpaired) electrons. The van der Waals surface area contributed by atoms with Crippen LogP contribution in [0.1, 0.15) is 13.3 Å². The van der Waals surface area contributed by atoms with Crippen LogP contribution in [-0.2, 0) is 14.3 Å². The Bertz CT molecular complexity index is 231. The van der Waals surface area contributed by atoms with E-state index in [1.54, 1.807) is 6.92 Å². The van der Waals surface area contributed by atoms with Crippen molar-refractivity contribution in [2.24, 2.45) is 0 Å². The molecular weight excluding hydrogens is 148 g/mol. The number of hydrogen-bond donors (Lipinski definition) is 1. The standard InChI is InChI=1S/C7H8O4/c1-7(4-5(8)9)3-2-6(10)11-7/h2-3H,4H2,1H3,(H,8,9). The number of carboxylic acid groups (broad SMARTS) is 1. The van der Waals surface area contributed by atoms with Crippen LogP contribution in [0.25, 0.3) is 0 Å². The lowest BCUT2D eigenvalue weighted by Gasteiger charge is -2.18. The monoisotopic (exact) mass is 156 g/mol. The fourth-order valence-electron chi connectivity index (χ4n) is 0.937. The van der Waals surface area contributed by atoms with Crippen LogP contribution < -0.4 is 0 Å². The van der Waals surface area contributed by atoms with E-state index in [2.05, 4.69) is 0 Å². The molecule has 4 nitrogen and oxygen atoms in total. The Morgan fingerprint density at radius 2 is 2.45 bits per heavy atom. The van der Waals surface area contributed by atoms with Crippen LogP contribution in [0.2, 0.25) is 0 Å². The van der Waals surface area contributed by atoms with Gasteiger partial charge in [0, 0.05) is 6.08 Å². The second-order valence-electron chi connectivity index (χ2n) is 2.64. The van der Waals surface area contributed by atoms with E-state index in [-0.39, 0.29) is 6.42 Å². The lowest BCUT2D eigenvalue weighted by Crippen LogP contribution is -2.27. The maximum absolute atomic E-state index is 10.5. The first-order valence-corrected chi connectivity index (χ1v) is 3.16. The number of carbonyl (C=O) groups excluding carboxylic acids is 1. The predicted molar refractivity (Wildman–Crippen MR) is 35.9 cm³/mol. The molecule has 0 fully saturated rings. The molecule has 60 valence electrons. The summed E-state index contributed by atoms with van der Waals surface area (Å²) in [6.07, 6.45) is 2.52. The molecule has 1 N–H and O–H groups in total. The number of hydrogen-bond acceptors (Lipinski definition) is 3. The van der Waals surface area contributed by atoms with Crippen LogP contribution in [0.3, 0.4) is 0 Å². The molecule has 4 heteroatoms. The maximum Gasteiger partial charge on any atom is 0.331 e. The molecule has 0 aromatic heterocycles. The fraction of sp³-hybridized carbons (Fsp3) is 0.429. The molecule has 0 aromatic carbocycles. The van der Waals surface area contributed by atoms with Crippen molar-refractivity contribution in [2.75, 3.05) is 0 Å². The summed E-state index contributed by atoms with van der Waals surface area (Å²) in [7, 11) is 0. The fourth-order valence-corrected chi connectivity index (χ4v) is 0.937. The largest absolute Gasteiger partial charge is 0.481 e. The summed E-state index contributed by atoms with van der Waals surface area (Å²) in [5.74, 6) is -1.46. The maximum atomic E-state index is 10.5. The van der Waals surface area contributed by atoms with E-state index in [0.29, 0.717) is 0 Å². The summed E-state index contributed by atoms with van der Waals surface area (Å²) in [5, 5.41) is 8.40. The Labute approximate surface area is 63.5 Å². The molecule has 1 rings (SSSR count). The summed E-state index contributed by atoms with van der Waals surface area (Å²) < 4.78 is 4.73. The van der Waals surface area contributed by atoms with E-state index in [4.69, 9.17) is 9.84 Å². The lowest BCUT2D eigenvalue weighted by atomic mass is 10.0. The van der Waals surface area contributed by atoms with Crippen molar-refractivity contribution in [1.29, 1.82) is 0 Å². The van der Waals surface area contributed by atoms with E-state index in [0.717, 1.165) is 0 Å². The summed E-state index contributed by atoms with van der Waals surface area (Å²) in [4.78, 5) is 20.8. The van der Waals surface area contributed by atoms with Crippen molar-refractivity contribution in [3.63, 3.8) is 0 Å². The Hall–Kier alpha value is -1.32. The molecule has 1 heterocycles. The third-order valence-corrected chi connectivity index (χ3v) is 1.41. The third-order valence-electron chi connectivity index (χ3n) is 1.41. The molecule has 0 saturated heterocycles. The molecule has 1 unspecified atom stereocenters. The smallest absolute Gasteiger partial charge is 0.331 e. The minimum atomic E-state index is -0.980. The van der Waals surface area contributed by atoms with Crippen LogP contribution in [-0.4, -0.2) is 22.6 Å². The lowest BCUT2D eigenvalue weighted by molar-refractivity contribution is -0.150. The van der Waals surface area contributed by atoms with Crippen molar-refractivity contribution in [2.45, 2.75) is 18.9 Å². The van der Waals surface area contributed by atoms with Gasteiger partial charge in [0.15, 0.2) is 0 Å². The minimum absolute atomic E-state index is 0.185. The van der Waals surface area contributed by atoms with Crippen LogP contribution >= 0.6 is 0 Å². The predicted octanol–water partition coefficient (Wildman–Crippen LogP) is 0.333. The van der Waals surface area contributed by atoms with Gasteiger partial charge in [-0.25, -0.2) is 4.79 Å². The number of carbonyl (C=O) groups is 2. The molecule has 0 bridgehead atoms. The second kappa shape index (κ2) is 2.38. The van der Waals surface area contributed by atoms with Gasteiger partial charge in [-0.3, -0.25) is 4.79 Å². The first-order chi connectivity index (χ1) is 5.02. The molecule has 1 aliphatic heterocycles. The van der Waals surface area contributed by atoms with E-state index < -0.39 is 17.5 Å². The van der Waals surface area contributed by atoms with Crippen molar-refractivity contribution < 1.29 is 19.4 Å². The van der Waals surface area contributed by atoms with Gasteiger partial charge in [-0.05, 0) is 13.0 Å². The number of carboxylic acids is 1. The molecule has 11 heavy (non-hydrogen) atoms. The summed E-state index contributed by atoms with van der Waals surface area (Å²) >= 11 is 0. The molecule has 0 saturated carbocycles. The zero-order valence-corrected chi connectivity index (χ0v) is 6.03. The van der Waals surface area contributed by atoms with E-state index in [1.165, 1.54) is 12.2 Å². The normalized spacial score (nSPS) is 28.6. The Balaban J connectivity index is 2.63. The van der Waals surface area contributed by atoms with Gasteiger partial charge >= 0.3 is 11.9 Å². The van der Waals surface area contributed by atoms with E-state index in [9.17, 15) is 9.59 Å². The van der Waals surface area contributed by atoms with Crippen molar-refractivity contribution in [3.05, 3.63) is 12.2 Å². The van der Waals surface area contributed by atoms with Gasteiger partial charge in [-0.15, -0.1) is 0 Å². The molecule has 0 aliphatic carbocycles. The highest BCUT2D eigenvalue weighted by atomic mass is 16.6. The molecule has 0 spiro atoms. The number of esters is 1. The van der Waals surface area contributed by atoms with Crippen molar-refractivity contribution in [1.82, 2.24) is 0 Å². The highest BCUT2D eigenvalue weighted by molar-refractivity contribution is 5.86. The number of aliphatic carboxylic acids is 1. The SMILES string of the molecule is CC1(CC(=O)O)C=CC(=O)O1. The van der Waals surface area contributed by atoms with Crippen LogP contribution in [0.4, 0.5) is 0 Å². The number of rotatable bonds is 2. The van der Waals surface area contributed by atoms with E-state index >= 15 is 0 Å². The van der Waals surface area contributed by atoms with Crippen LogP contribution in [0.5, 0.6) is 0 Å². The molecule has 1 atom stereocenters. The molecule has 0 amide bonds. The minimum Gasteiger partial charge on any atom is -0.481 e. The second-order valence-corrected chi connectivity index (χ2v) is 2.64. The van der Waals surface area contributed by atoms with Crippen LogP contribution in [0, 0.1) is 0 Å². The van der Waals surface area contributed by atoms with Gasteiger partial charge in [-0.1, -0.05) is 0 Å². The average Bonchev–Trinajstić information content (AvgIpc) is 2.08. The quantitative estimate of drug-likeness (QED) is 0.585. The van der Waals surface area contributed by atoms with Gasteiger partial charge in [-0.2, -0.15) is 0 Å². The van der Waals surface area contributed by atoms with Gasteiger partial charge in [0.2, 0.25) is 0 Å². The summed E-state index contributed by atoms with van der Waals surface area (Å²) in [6.45, 7) is 1.56. The topological polar surface area (TPSA) is 63.6 Å². The summed E-state index contributed by atoms with van der Waals surface area (Å²) in [6, 6.07) is 0. The Kier molecular flexibility index (Phi) is 1.68. The zero-order chi connectivity index (χ0) is 8.48. The van der Waals surface area contributed by atoms with Gasteiger partial charge in [0.1, 0.15) is 5.60 Å². The third kappa shape index (κ3) is 1.80. The van der Waals surface area contributed by atoms with Crippen molar-refractivity contribution >= 4 is 11.9 Å². The van der Waals surface area contributed by atoms with Crippen LogP contribution in [0.15, 0.2) is 12.2 Å². The molecule has 0 aromatic rings. The first kappa shape index (κ1) is 7.78. The zero-order valence-electron chi connectivity index (χ0n) is 6.03. The summed E-state index contributed by atoms with van der Waals surface area (Å²) in [5.41, 5.74) is -0.942. The Morgan fingerprint density at radius 3 is 2.82 bits per heavy atom. The van der Waals surface area contributed by atoms with Gasteiger partial charge in [0.25, 0.3) is 0 Å². The van der Waals surface area contributed by atoms with Gasteiger partial charge < -0.3 is 9.84 Å². The highest BCUT2D eigenvalue weighted by Crippen LogP contribution is 2.22. The number of cyclic esters (lactones) is 1. The molecular formula is C7H8O4.